The zero-order chi connectivity index (χ0) is 14.2. The fourth-order valence-electron chi connectivity index (χ4n) is 4.26. The molecule has 0 spiro atoms. The molecule has 0 aliphatic heterocycles. The molecule has 1 N–H and O–H groups in total. The van der Waals surface area contributed by atoms with E-state index in [1.165, 1.54) is 73.2 Å². The van der Waals surface area contributed by atoms with Crippen molar-refractivity contribution in [3.63, 3.8) is 0 Å². The molecule has 0 amide bonds. The Bertz CT molecular complexity index is 605. The molecule has 0 aromatic carbocycles. The van der Waals surface area contributed by atoms with Gasteiger partial charge in [0.1, 0.15) is 11.2 Å². The Balaban J connectivity index is 1.73. The highest BCUT2D eigenvalue weighted by Crippen LogP contribution is 2.45. The molecule has 21 heavy (non-hydrogen) atoms. The van der Waals surface area contributed by atoms with Gasteiger partial charge in [0.2, 0.25) is 0 Å². The van der Waals surface area contributed by atoms with E-state index in [0.717, 1.165) is 0 Å². The quantitative estimate of drug-likeness (QED) is 0.895. The van der Waals surface area contributed by atoms with E-state index in [1.54, 1.807) is 0 Å². The monoisotopic (exact) mass is 304 g/mol. The zero-order valence-corrected chi connectivity index (χ0v) is 13.3. The summed E-state index contributed by atoms with van der Waals surface area (Å²) in [6, 6.07) is 0. The van der Waals surface area contributed by atoms with Crippen molar-refractivity contribution < 1.29 is 5.11 Å². The summed E-state index contributed by atoms with van der Waals surface area (Å²) in [6.07, 6.45) is 15.1. The molecule has 2 fully saturated rings. The smallest absolute Gasteiger partial charge is 0.120 e. The molecule has 2 aromatic rings. The largest absolute Gasteiger partial charge is 0.387 e. The first-order valence-electron chi connectivity index (χ1n) is 8.47. The minimum Gasteiger partial charge on any atom is -0.387 e. The average Bonchev–Trinajstić information content (AvgIpc) is 3.23. The Labute approximate surface area is 130 Å². The first-order valence-corrected chi connectivity index (χ1v) is 9.29. The van der Waals surface area contributed by atoms with Crippen LogP contribution >= 0.6 is 11.3 Å². The minimum atomic E-state index is -0.302. The van der Waals surface area contributed by atoms with Gasteiger partial charge >= 0.3 is 0 Å². The number of imidazole rings is 1. The Kier molecular flexibility index (Phi) is 3.76. The molecule has 1 atom stereocenters. The summed E-state index contributed by atoms with van der Waals surface area (Å²) in [5.41, 5.74) is 1.17. The molecule has 4 heteroatoms. The Morgan fingerprint density at radius 2 is 1.81 bits per heavy atom. The fourth-order valence-corrected chi connectivity index (χ4v) is 5.57. The molecule has 0 unspecified atom stereocenters. The van der Waals surface area contributed by atoms with Crippen LogP contribution in [0.1, 0.15) is 80.4 Å². The van der Waals surface area contributed by atoms with E-state index >= 15 is 0 Å². The van der Waals surface area contributed by atoms with E-state index in [1.807, 2.05) is 23.9 Å². The van der Waals surface area contributed by atoms with Crippen molar-refractivity contribution >= 4 is 16.2 Å². The SMILES string of the molecule is O[C@H](c1c(C2CCCC2)sc2cncn12)C1CCCCC1. The van der Waals surface area contributed by atoms with E-state index in [-0.39, 0.29) is 6.10 Å². The van der Waals surface area contributed by atoms with Gasteiger partial charge in [0.15, 0.2) is 0 Å². The van der Waals surface area contributed by atoms with Gasteiger partial charge in [-0.1, -0.05) is 32.1 Å². The van der Waals surface area contributed by atoms with Gasteiger partial charge in [0.05, 0.1) is 18.0 Å². The summed E-state index contributed by atoms with van der Waals surface area (Å²) < 4.78 is 2.16. The molecule has 3 nitrogen and oxygen atoms in total. The lowest BCUT2D eigenvalue weighted by molar-refractivity contribution is 0.0795. The average molecular weight is 304 g/mol. The highest BCUT2D eigenvalue weighted by Gasteiger charge is 2.32. The van der Waals surface area contributed by atoms with Gasteiger partial charge in [-0.3, -0.25) is 4.40 Å². The van der Waals surface area contributed by atoms with Crippen molar-refractivity contribution in [3.8, 4) is 0 Å². The van der Waals surface area contributed by atoms with Gasteiger partial charge in [-0.05, 0) is 37.5 Å². The van der Waals surface area contributed by atoms with Crippen LogP contribution in [0.3, 0.4) is 0 Å². The molecular weight excluding hydrogens is 280 g/mol. The third-order valence-corrected chi connectivity index (χ3v) is 6.71. The minimum absolute atomic E-state index is 0.302. The molecular formula is C17H24N2OS. The number of thiazole rings is 1. The summed E-state index contributed by atoms with van der Waals surface area (Å²) in [6.45, 7) is 0. The van der Waals surface area contributed by atoms with Gasteiger partial charge in [-0.15, -0.1) is 11.3 Å². The number of rotatable bonds is 3. The van der Waals surface area contributed by atoms with Crippen LogP contribution in [0.25, 0.3) is 4.83 Å². The number of aliphatic hydroxyl groups excluding tert-OH is 1. The maximum absolute atomic E-state index is 11.0. The van der Waals surface area contributed by atoms with Crippen LogP contribution in [0.5, 0.6) is 0 Å². The number of aliphatic hydroxyl groups is 1. The summed E-state index contributed by atoms with van der Waals surface area (Å²) in [5.74, 6) is 1.11. The molecule has 2 aromatic heterocycles. The Morgan fingerprint density at radius 3 is 2.57 bits per heavy atom. The normalized spacial score (nSPS) is 23.1. The molecule has 0 bridgehead atoms. The number of hydrogen-bond acceptors (Lipinski definition) is 3. The van der Waals surface area contributed by atoms with E-state index in [9.17, 15) is 5.11 Å². The lowest BCUT2D eigenvalue weighted by Gasteiger charge is -2.27. The molecule has 2 aliphatic rings. The summed E-state index contributed by atoms with van der Waals surface area (Å²) >= 11 is 1.86. The lowest BCUT2D eigenvalue weighted by atomic mass is 9.83. The fraction of sp³-hybridized carbons (Fsp3) is 0.706. The Hall–Kier alpha value is -0.870. The van der Waals surface area contributed by atoms with E-state index in [0.29, 0.717) is 11.8 Å². The van der Waals surface area contributed by atoms with E-state index < -0.39 is 0 Å². The number of fused-ring (bicyclic) bond motifs is 1. The van der Waals surface area contributed by atoms with Gasteiger partial charge in [0.25, 0.3) is 0 Å². The van der Waals surface area contributed by atoms with Crippen LogP contribution < -0.4 is 0 Å². The zero-order valence-electron chi connectivity index (χ0n) is 12.5. The predicted octanol–water partition coefficient (Wildman–Crippen LogP) is 4.67. The highest BCUT2D eigenvalue weighted by atomic mass is 32.1. The van der Waals surface area contributed by atoms with Crippen LogP contribution in [0.15, 0.2) is 12.5 Å². The van der Waals surface area contributed by atoms with Gasteiger partial charge in [-0.2, -0.15) is 0 Å². The van der Waals surface area contributed by atoms with Crippen molar-refractivity contribution in [1.29, 1.82) is 0 Å². The summed E-state index contributed by atoms with van der Waals surface area (Å²) in [4.78, 5) is 6.92. The molecule has 2 heterocycles. The second-order valence-electron chi connectivity index (χ2n) is 6.78. The van der Waals surface area contributed by atoms with Gasteiger partial charge in [0, 0.05) is 4.88 Å². The molecule has 4 rings (SSSR count). The summed E-state index contributed by atoms with van der Waals surface area (Å²) in [5, 5.41) is 11.0. The third kappa shape index (κ3) is 2.42. The second-order valence-corrected chi connectivity index (χ2v) is 7.84. The van der Waals surface area contributed by atoms with Crippen LogP contribution in [0, 0.1) is 5.92 Å². The second kappa shape index (κ2) is 5.73. The molecule has 0 saturated heterocycles. The van der Waals surface area contributed by atoms with Crippen molar-refractivity contribution in [1.82, 2.24) is 9.38 Å². The molecule has 114 valence electrons. The van der Waals surface area contributed by atoms with Crippen molar-refractivity contribution in [3.05, 3.63) is 23.1 Å². The van der Waals surface area contributed by atoms with Crippen molar-refractivity contribution in [2.75, 3.05) is 0 Å². The summed E-state index contributed by atoms with van der Waals surface area (Å²) in [7, 11) is 0. The lowest BCUT2D eigenvalue weighted by Crippen LogP contribution is -2.18. The van der Waals surface area contributed by atoms with Crippen molar-refractivity contribution in [2.24, 2.45) is 5.92 Å². The number of hydrogen-bond donors (Lipinski definition) is 1. The maximum Gasteiger partial charge on any atom is 0.120 e. The maximum atomic E-state index is 11.0. The van der Waals surface area contributed by atoms with Gasteiger partial charge in [-0.25, -0.2) is 4.98 Å². The first-order chi connectivity index (χ1) is 10.3. The van der Waals surface area contributed by atoms with Crippen LogP contribution in [-0.4, -0.2) is 14.5 Å². The van der Waals surface area contributed by atoms with E-state index in [4.69, 9.17) is 0 Å². The Morgan fingerprint density at radius 1 is 1.10 bits per heavy atom. The topological polar surface area (TPSA) is 37.5 Å². The van der Waals surface area contributed by atoms with Crippen LogP contribution in [-0.2, 0) is 0 Å². The number of aromatic nitrogens is 2. The van der Waals surface area contributed by atoms with Crippen molar-refractivity contribution in [2.45, 2.75) is 69.8 Å². The standard InChI is InChI=1S/C17H24N2OS/c20-16(12-6-2-1-3-7-12)15-17(13-8-4-5-9-13)21-14-10-18-11-19(14)15/h10-13,16,20H,1-9H2/t16-/m0/s1. The van der Waals surface area contributed by atoms with Crippen LogP contribution in [0.4, 0.5) is 0 Å². The molecule has 2 aliphatic carbocycles. The third-order valence-electron chi connectivity index (χ3n) is 5.43. The van der Waals surface area contributed by atoms with Gasteiger partial charge < -0.3 is 5.11 Å². The predicted molar refractivity (Wildman–Crippen MR) is 85.8 cm³/mol. The van der Waals surface area contributed by atoms with E-state index in [2.05, 4.69) is 9.38 Å². The highest BCUT2D eigenvalue weighted by molar-refractivity contribution is 7.17. The molecule has 2 saturated carbocycles. The van der Waals surface area contributed by atoms with Crippen LogP contribution in [0.2, 0.25) is 0 Å². The molecule has 0 radical (unpaired) electrons. The number of nitrogens with zero attached hydrogens (tertiary/aromatic N) is 2. The first kappa shape index (κ1) is 13.8.